The summed E-state index contributed by atoms with van der Waals surface area (Å²) in [7, 11) is 2.21. The Hall–Kier alpha value is -10.3. The fraction of sp³-hybridized carbons (Fsp3) is 0.476. The minimum atomic E-state index is -4.58. The molecule has 10 bridgehead atoms. The largest absolute Gasteiger partial charge is 0.417 e. The van der Waals surface area contributed by atoms with E-state index in [0.717, 1.165) is 187 Å². The van der Waals surface area contributed by atoms with E-state index in [0.29, 0.717) is 84.3 Å². The van der Waals surface area contributed by atoms with E-state index < -0.39 is 39.7 Å². The van der Waals surface area contributed by atoms with Gasteiger partial charge in [-0.25, -0.2) is 0 Å². The fourth-order valence-electron chi connectivity index (χ4n) is 26.8. The second-order valence-electron chi connectivity index (χ2n) is 43.9. The highest BCUT2D eigenvalue weighted by atomic mass is 19.4. The van der Waals surface area contributed by atoms with Gasteiger partial charge in [0.05, 0.1) is 63.0 Å². The number of hydrogen-bond donors (Lipinski definition) is 6. The van der Waals surface area contributed by atoms with E-state index in [1.807, 2.05) is 97.1 Å². The summed E-state index contributed by atoms with van der Waals surface area (Å²) in [6.45, 7) is 24.9. The van der Waals surface area contributed by atoms with Gasteiger partial charge in [0.1, 0.15) is 0 Å². The van der Waals surface area contributed by atoms with Crippen LogP contribution in [-0.2, 0) is 79.4 Å². The van der Waals surface area contributed by atoms with Gasteiger partial charge in [-0.1, -0.05) is 242 Å². The van der Waals surface area contributed by atoms with Gasteiger partial charge in [-0.3, -0.25) is 4.90 Å². The molecule has 16 saturated heterocycles. The molecule has 0 aliphatic carbocycles. The van der Waals surface area contributed by atoms with Crippen LogP contribution in [-0.4, -0.2) is 196 Å². The summed E-state index contributed by atoms with van der Waals surface area (Å²) in [6, 6.07) is 92.4. The molecule has 144 heavy (non-hydrogen) atoms. The molecule has 16 aliphatic heterocycles. The number of aryl methyl sites for hydroxylation is 6. The number of fused-ring (bicyclic) bond motifs is 15. The van der Waals surface area contributed by atoms with Gasteiger partial charge in [0.25, 0.3) is 0 Å². The van der Waals surface area contributed by atoms with Crippen LogP contribution in [0.25, 0.3) is 11.3 Å². The van der Waals surface area contributed by atoms with Gasteiger partial charge in [0.15, 0.2) is 5.76 Å². The second kappa shape index (κ2) is 47.2. The number of nitriles is 2. The van der Waals surface area contributed by atoms with Crippen molar-refractivity contribution in [2.24, 2.45) is 64.9 Å². The molecule has 10 atom stereocenters. The smallest absolute Gasteiger partial charge is 0.385 e. The SMILES string of the molecule is CN1CCN(Cc2ccc(CCC(O)(c3ccccc3)C3CN4CCC3CC4)cc2)CC1.Cc1ccc(C#N)cc1CCC(O)(c1ccccc1)C1CN2CCC1CC2.N#Cc1ccc(CCC(O)(c2ccccc2)C2CN3CCC2CC3)cc1C(F)(F)F.NCc1cccc(CCC(O)(c2ccccc2)C2CN3CCC2CC3)c1.OC(CCc1ccc(-c2ccno2)cc1)(c1ccccc1)C1CN2CCC1CC2.[HH].[HH].[HH].[HH].[HH]. The van der Waals surface area contributed by atoms with Crippen molar-refractivity contribution < 1.29 is 50.4 Å². The van der Waals surface area contributed by atoms with Gasteiger partial charge in [-0.15, -0.1) is 0 Å². The summed E-state index contributed by atoms with van der Waals surface area (Å²) in [5.74, 6) is 5.03. The summed E-state index contributed by atoms with van der Waals surface area (Å²) in [4.78, 5) is 17.5. The fourth-order valence-corrected chi connectivity index (χ4v) is 26.8. The van der Waals surface area contributed by atoms with Crippen molar-refractivity contribution in [1.82, 2.24) is 39.5 Å². The number of aliphatic hydroxyl groups is 5. The van der Waals surface area contributed by atoms with Crippen molar-refractivity contribution in [3.63, 3.8) is 0 Å². The average molecular weight is 1960 g/mol. The summed E-state index contributed by atoms with van der Waals surface area (Å²) >= 11 is 0. The maximum Gasteiger partial charge on any atom is 0.417 e. The van der Waals surface area contributed by atoms with E-state index in [9.17, 15) is 44.0 Å². The molecule has 7 N–H and O–H groups in total. The molecule has 16 aliphatic rings. The molecule has 768 valence electrons. The number of benzene rings is 10. The monoisotopic (exact) mass is 1960 g/mol. The first-order valence-electron chi connectivity index (χ1n) is 53.8. The van der Waals surface area contributed by atoms with Crippen LogP contribution in [0.3, 0.4) is 0 Å². The standard InChI is InChI=1S/C28H39N3O.C25H28N2O2.C24H25F3N2O.C24H28N2O.C23H30N2O.5H2/c1-29-17-19-31(20-18-29)21-24-9-7-23(8-10-24)11-14-28(32,26-5-3-2-4-6-26)27-22-30-15-12-25(27)13-16-30;28-25(22-4-2-1-3-5-22,23-18-27-16-12-20(23)13-17-27)14-10-19-6-8-21(9-7-19)24-11-15-26-29-24;25-24(26,27)21-14-17(6-7-19(21)15-28)8-11-23(30,20-4-2-1-3-5-20)22-16-29-12-9-18(22)10-13-29;1-18-7-8-19(16-25)15-21(18)9-12-24(27,22-5-3-2-4-6-22)23-17-26-13-10-20(23)11-14-26;24-16-19-6-4-5-18(15-19)9-12-23(26,21-7-2-1-3-8-21)22-17-25-13-10-20(22)11-14-25;;;;;/h2-10,25,27,32H,11-22H2,1H3;1-9,11,15,20,23,28H,10,12-14,16-18H2;1-7,14,18,22,30H,8-13,16H2;2-8,15,20,23,27H,9-14,17H2,1H3;1-8,15,20,22,26H,9-14,16-17,24H2;5*1H. The maximum atomic E-state index is 13.3. The summed E-state index contributed by atoms with van der Waals surface area (Å²) in [5, 5.41) is 82.1. The lowest BCUT2D eigenvalue weighted by Crippen LogP contribution is -2.55. The third-order valence-electron chi connectivity index (χ3n) is 35.6. The number of aromatic nitrogens is 1. The first-order valence-corrected chi connectivity index (χ1v) is 53.8. The van der Waals surface area contributed by atoms with Gasteiger partial charge in [0.2, 0.25) is 0 Å². The number of nitrogens with zero attached hydrogens (tertiary/aromatic N) is 10. The van der Waals surface area contributed by atoms with E-state index in [1.54, 1.807) is 18.3 Å². The molecule has 16 fully saturated rings. The van der Waals surface area contributed by atoms with E-state index in [4.69, 9.17) is 15.5 Å². The highest BCUT2D eigenvalue weighted by Gasteiger charge is 2.53. The van der Waals surface area contributed by atoms with Crippen molar-refractivity contribution in [2.75, 3.05) is 131 Å². The van der Waals surface area contributed by atoms with Crippen molar-refractivity contribution in [1.29, 1.82) is 10.5 Å². The van der Waals surface area contributed by atoms with Crippen LogP contribution in [0.2, 0.25) is 0 Å². The Labute approximate surface area is 860 Å². The third-order valence-corrected chi connectivity index (χ3v) is 35.6. The first kappa shape index (κ1) is 104. The number of rotatable bonds is 29. The van der Waals surface area contributed by atoms with Gasteiger partial charge in [-0.05, 0) is 334 Å². The number of piperazine rings is 1. The Bertz CT molecular complexity index is 5990. The Morgan fingerprint density at radius 3 is 1.02 bits per heavy atom. The third kappa shape index (κ3) is 24.5. The normalized spacial score (nSPS) is 26.7. The first-order chi connectivity index (χ1) is 69.9. The number of hydrogen-bond acceptors (Lipinski definition) is 17. The summed E-state index contributed by atoms with van der Waals surface area (Å²) in [5.41, 5.74) is 16.4. The molecular weight excluding hydrogens is 1800 g/mol. The number of nitrogens with two attached hydrogens (primary N) is 1. The predicted molar refractivity (Wildman–Crippen MR) is 575 cm³/mol. The van der Waals surface area contributed by atoms with Gasteiger partial charge < -0.3 is 65.2 Å². The number of piperidine rings is 15. The van der Waals surface area contributed by atoms with E-state index in [-0.39, 0.29) is 24.5 Å². The zero-order valence-corrected chi connectivity index (χ0v) is 84.6. The zero-order chi connectivity index (χ0) is 99.8. The molecule has 17 heterocycles. The zero-order valence-electron chi connectivity index (χ0n) is 84.6. The summed E-state index contributed by atoms with van der Waals surface area (Å²) in [6.07, 6.45) is 16.0. The molecule has 0 spiro atoms. The van der Waals surface area contributed by atoms with Crippen LogP contribution in [0.4, 0.5) is 13.2 Å². The van der Waals surface area contributed by atoms with Crippen molar-refractivity contribution in [2.45, 2.75) is 183 Å². The molecule has 11 aromatic rings. The van der Waals surface area contributed by atoms with Crippen molar-refractivity contribution in [3.05, 3.63) is 362 Å². The Morgan fingerprint density at radius 2 is 0.694 bits per heavy atom. The van der Waals surface area contributed by atoms with Crippen LogP contribution >= 0.6 is 0 Å². The van der Waals surface area contributed by atoms with Gasteiger partial charge in [-0.2, -0.15) is 23.7 Å². The lowest BCUT2D eigenvalue weighted by atomic mass is 9.66. The number of alkyl halides is 3. The molecule has 1 aromatic heterocycles. The molecule has 0 amide bonds. The van der Waals surface area contributed by atoms with E-state index in [2.05, 4.69) is 211 Å². The lowest BCUT2D eigenvalue weighted by Gasteiger charge is -2.51. The van der Waals surface area contributed by atoms with E-state index in [1.165, 1.54) is 143 Å². The van der Waals surface area contributed by atoms with Crippen LogP contribution in [0.1, 0.15) is 192 Å². The molecule has 27 rings (SSSR count). The van der Waals surface area contributed by atoms with Crippen LogP contribution < -0.4 is 5.73 Å². The van der Waals surface area contributed by atoms with Crippen LogP contribution in [0.5, 0.6) is 0 Å². The molecule has 10 unspecified atom stereocenters. The Kier molecular flexibility index (Phi) is 34.0. The van der Waals surface area contributed by atoms with Gasteiger partial charge >= 0.3 is 6.18 Å². The molecule has 0 saturated carbocycles. The maximum absolute atomic E-state index is 13.3. The van der Waals surface area contributed by atoms with E-state index >= 15 is 0 Å². The number of likely N-dealkylation sites (N-methyl/N-ethyl adjacent to an activating group) is 1. The minimum absolute atomic E-state index is 0. The minimum Gasteiger partial charge on any atom is -0.385 e. The quantitative estimate of drug-likeness (QED) is 0.0256. The summed E-state index contributed by atoms with van der Waals surface area (Å²) < 4.78 is 45.3. The average Bonchev–Trinajstić information content (AvgIpc) is 0.868. The predicted octanol–water partition coefficient (Wildman–Crippen LogP) is 21.4. The van der Waals surface area contributed by atoms with Crippen molar-refractivity contribution >= 4 is 0 Å². The van der Waals surface area contributed by atoms with Crippen molar-refractivity contribution in [3.8, 4) is 23.5 Å². The molecular formula is C124H160F3N11O6. The highest BCUT2D eigenvalue weighted by Crippen LogP contribution is 2.53. The molecule has 10 aromatic carbocycles. The number of halogens is 3. The Morgan fingerprint density at radius 1 is 0.361 bits per heavy atom. The highest BCUT2D eigenvalue weighted by molar-refractivity contribution is 5.57. The van der Waals surface area contributed by atoms with Crippen LogP contribution in [0, 0.1) is 88.8 Å². The topological polar surface area (TPSA) is 223 Å². The second-order valence-corrected chi connectivity index (χ2v) is 43.9. The molecule has 20 heteroatoms. The van der Waals surface area contributed by atoms with Gasteiger partial charge in [0, 0.05) is 120 Å². The van der Waals surface area contributed by atoms with Crippen LogP contribution in [0.15, 0.2) is 278 Å². The molecule has 17 nitrogen and oxygen atoms in total. The Balaban J connectivity index is 0.000000154. The molecule has 0 radical (unpaired) electrons. The lowest BCUT2D eigenvalue weighted by molar-refractivity contribution is -0.137.